The minimum atomic E-state index is -1.40. The highest BCUT2D eigenvalue weighted by atomic mass is 16.6. The molecule has 124 valence electrons. The summed E-state index contributed by atoms with van der Waals surface area (Å²) in [6.45, 7) is -0.510. The van der Waals surface area contributed by atoms with Crippen LogP contribution in [0.25, 0.3) is 11.0 Å². The Morgan fingerprint density at radius 3 is 2.74 bits per heavy atom. The van der Waals surface area contributed by atoms with Crippen molar-refractivity contribution in [3.05, 3.63) is 27.0 Å². The molecule has 1 aliphatic heterocycles. The Hall–Kier alpha value is -2.34. The summed E-state index contributed by atoms with van der Waals surface area (Å²) in [5.41, 5.74) is -1.77. The summed E-state index contributed by atoms with van der Waals surface area (Å²) in [5, 5.41) is 31.6. The first-order valence-electron chi connectivity index (χ1n) is 6.79. The summed E-state index contributed by atoms with van der Waals surface area (Å²) in [4.78, 5) is 34.2. The molecular formula is C12H15N5O6. The van der Waals surface area contributed by atoms with E-state index in [4.69, 9.17) is 9.84 Å². The first-order chi connectivity index (χ1) is 11.0. The van der Waals surface area contributed by atoms with Gasteiger partial charge < -0.3 is 25.4 Å². The molecule has 3 heterocycles. The number of nitrogens with zero attached hydrogens (tertiary/aromatic N) is 3. The minimum Gasteiger partial charge on any atom is -0.394 e. The lowest BCUT2D eigenvalue weighted by Gasteiger charge is -2.16. The molecule has 5 N–H and O–H groups in total. The lowest BCUT2D eigenvalue weighted by atomic mass is 10.1. The molecule has 0 aliphatic carbocycles. The number of nitrogens with one attached hydrogen (secondary N) is 2. The van der Waals surface area contributed by atoms with Gasteiger partial charge in [-0.2, -0.15) is 4.98 Å². The molecule has 3 rings (SSSR count). The summed E-state index contributed by atoms with van der Waals surface area (Å²) in [6.07, 6.45) is -3.78. The Morgan fingerprint density at radius 2 is 2.13 bits per heavy atom. The fourth-order valence-corrected chi connectivity index (χ4v) is 2.51. The van der Waals surface area contributed by atoms with Crippen molar-refractivity contribution < 1.29 is 20.1 Å². The standard InChI is InChI=1S/C12H15N5O6/c1-13-12-15-9(21)5-6(10(22)16-12)17(3-14-5)11-8(20)7(19)4(2-18)23-11/h3-4,7-8,11,18-20H,2H2,1H3,(H2,13,15,16,21,22)/t4-,7-,8-,11-/m1/s1. The number of aliphatic hydroxyl groups excluding tert-OH is 3. The van der Waals surface area contributed by atoms with Crippen LogP contribution in [0.15, 0.2) is 15.9 Å². The van der Waals surface area contributed by atoms with Crippen molar-refractivity contribution in [3.8, 4) is 0 Å². The number of aliphatic hydroxyl groups is 3. The van der Waals surface area contributed by atoms with Crippen LogP contribution in [0.2, 0.25) is 0 Å². The Morgan fingerprint density at radius 1 is 1.39 bits per heavy atom. The van der Waals surface area contributed by atoms with Crippen molar-refractivity contribution in [2.75, 3.05) is 19.0 Å². The zero-order valence-corrected chi connectivity index (χ0v) is 12.0. The molecule has 0 unspecified atom stereocenters. The van der Waals surface area contributed by atoms with Crippen LogP contribution in [0, 0.1) is 0 Å². The SMILES string of the molecule is CNc1nc(=O)c2ncn([C@@H]3O[C@H](CO)[C@@H](O)[C@H]3O)c2c(=O)[nH]1. The second-order valence-corrected chi connectivity index (χ2v) is 5.05. The van der Waals surface area contributed by atoms with Gasteiger partial charge in [0, 0.05) is 7.05 Å². The van der Waals surface area contributed by atoms with Gasteiger partial charge in [0.2, 0.25) is 5.95 Å². The molecule has 11 nitrogen and oxygen atoms in total. The number of imidazole rings is 1. The van der Waals surface area contributed by atoms with Gasteiger partial charge in [0.25, 0.3) is 5.56 Å². The Kier molecular flexibility index (Phi) is 3.85. The molecule has 0 bridgehead atoms. The topological polar surface area (TPSA) is 163 Å². The van der Waals surface area contributed by atoms with Gasteiger partial charge in [-0.15, -0.1) is 0 Å². The van der Waals surface area contributed by atoms with Gasteiger partial charge in [0.1, 0.15) is 23.8 Å². The highest BCUT2D eigenvalue weighted by Gasteiger charge is 2.44. The largest absolute Gasteiger partial charge is 0.394 e. The highest BCUT2D eigenvalue weighted by molar-refractivity contribution is 5.73. The zero-order chi connectivity index (χ0) is 16.7. The Bertz CT molecular complexity index is 848. The summed E-state index contributed by atoms with van der Waals surface area (Å²) in [5.74, 6) is -0.0364. The summed E-state index contributed by atoms with van der Waals surface area (Å²) < 4.78 is 6.49. The van der Waals surface area contributed by atoms with E-state index in [1.54, 1.807) is 0 Å². The van der Waals surface area contributed by atoms with Crippen LogP contribution in [-0.2, 0) is 4.74 Å². The van der Waals surface area contributed by atoms with E-state index in [-0.39, 0.29) is 17.0 Å². The van der Waals surface area contributed by atoms with Crippen LogP contribution >= 0.6 is 0 Å². The fraction of sp³-hybridized carbons (Fsp3) is 0.500. The molecule has 0 saturated carbocycles. The van der Waals surface area contributed by atoms with E-state index in [9.17, 15) is 19.8 Å². The number of aromatic amines is 1. The molecule has 4 atom stereocenters. The Labute approximate surface area is 128 Å². The van der Waals surface area contributed by atoms with Crippen molar-refractivity contribution in [3.63, 3.8) is 0 Å². The molecule has 0 amide bonds. The van der Waals surface area contributed by atoms with E-state index in [1.807, 2.05) is 0 Å². The molecule has 23 heavy (non-hydrogen) atoms. The normalized spacial score (nSPS) is 27.5. The first kappa shape index (κ1) is 15.6. The number of anilines is 1. The number of ether oxygens (including phenoxy) is 1. The molecule has 1 fully saturated rings. The van der Waals surface area contributed by atoms with E-state index >= 15 is 0 Å². The van der Waals surface area contributed by atoms with Crippen LogP contribution in [0.3, 0.4) is 0 Å². The zero-order valence-electron chi connectivity index (χ0n) is 12.0. The maximum absolute atomic E-state index is 12.3. The third-order valence-electron chi connectivity index (χ3n) is 3.68. The summed E-state index contributed by atoms with van der Waals surface area (Å²) in [7, 11) is 1.48. The second kappa shape index (κ2) is 5.70. The van der Waals surface area contributed by atoms with Gasteiger partial charge >= 0.3 is 5.56 Å². The number of fused-ring (bicyclic) bond motifs is 1. The monoisotopic (exact) mass is 325 g/mol. The van der Waals surface area contributed by atoms with E-state index in [0.717, 1.165) is 10.9 Å². The molecule has 1 saturated heterocycles. The van der Waals surface area contributed by atoms with Gasteiger partial charge in [-0.25, -0.2) is 4.98 Å². The van der Waals surface area contributed by atoms with Crippen molar-refractivity contribution in [1.82, 2.24) is 19.5 Å². The average molecular weight is 325 g/mol. The number of hydrogen-bond donors (Lipinski definition) is 5. The van der Waals surface area contributed by atoms with Crippen LogP contribution in [-0.4, -0.2) is 66.8 Å². The second-order valence-electron chi connectivity index (χ2n) is 5.05. The van der Waals surface area contributed by atoms with Gasteiger partial charge in [0.15, 0.2) is 11.7 Å². The number of H-pyrrole nitrogens is 1. The van der Waals surface area contributed by atoms with Crippen molar-refractivity contribution in [1.29, 1.82) is 0 Å². The third-order valence-corrected chi connectivity index (χ3v) is 3.68. The van der Waals surface area contributed by atoms with E-state index < -0.39 is 42.3 Å². The Balaban J connectivity index is 2.21. The minimum absolute atomic E-state index is 0.0364. The molecule has 0 aromatic carbocycles. The molecular weight excluding hydrogens is 310 g/mol. The average Bonchev–Trinajstić information content (AvgIpc) is 3.05. The molecule has 2 aromatic heterocycles. The van der Waals surface area contributed by atoms with Crippen molar-refractivity contribution in [2.45, 2.75) is 24.5 Å². The third kappa shape index (κ3) is 2.39. The predicted octanol–water partition coefficient (Wildman–Crippen LogP) is -2.87. The van der Waals surface area contributed by atoms with E-state index in [1.165, 1.54) is 7.05 Å². The van der Waals surface area contributed by atoms with Crippen LogP contribution in [0.4, 0.5) is 5.95 Å². The van der Waals surface area contributed by atoms with E-state index in [2.05, 4.69) is 20.3 Å². The smallest absolute Gasteiger partial charge is 0.301 e. The summed E-state index contributed by atoms with van der Waals surface area (Å²) >= 11 is 0. The molecule has 11 heteroatoms. The molecule has 0 radical (unpaired) electrons. The number of aromatic nitrogens is 4. The highest BCUT2D eigenvalue weighted by Crippen LogP contribution is 2.30. The molecule has 1 aliphatic rings. The molecule has 2 aromatic rings. The van der Waals surface area contributed by atoms with Gasteiger partial charge in [-0.3, -0.25) is 19.1 Å². The van der Waals surface area contributed by atoms with Gasteiger partial charge in [-0.1, -0.05) is 0 Å². The maximum Gasteiger partial charge on any atom is 0.301 e. The van der Waals surface area contributed by atoms with Crippen LogP contribution in [0.1, 0.15) is 6.23 Å². The van der Waals surface area contributed by atoms with Gasteiger partial charge in [0.05, 0.1) is 12.9 Å². The molecule has 0 spiro atoms. The number of rotatable bonds is 3. The van der Waals surface area contributed by atoms with Crippen LogP contribution in [0.5, 0.6) is 0 Å². The maximum atomic E-state index is 12.3. The van der Waals surface area contributed by atoms with Gasteiger partial charge in [-0.05, 0) is 0 Å². The lowest BCUT2D eigenvalue weighted by molar-refractivity contribution is -0.0509. The van der Waals surface area contributed by atoms with Crippen LogP contribution < -0.4 is 16.4 Å². The quantitative estimate of drug-likeness (QED) is 0.399. The predicted molar refractivity (Wildman–Crippen MR) is 77.0 cm³/mol. The summed E-state index contributed by atoms with van der Waals surface area (Å²) in [6, 6.07) is 0. The van der Waals surface area contributed by atoms with E-state index in [0.29, 0.717) is 0 Å². The first-order valence-corrected chi connectivity index (χ1v) is 6.79. The fourth-order valence-electron chi connectivity index (χ4n) is 2.51. The number of hydrogen-bond acceptors (Lipinski definition) is 9. The van der Waals surface area contributed by atoms with Crippen molar-refractivity contribution in [2.24, 2.45) is 0 Å². The van der Waals surface area contributed by atoms with Crippen molar-refractivity contribution >= 4 is 17.0 Å². The lowest BCUT2D eigenvalue weighted by Crippen LogP contribution is -2.33.